The lowest BCUT2D eigenvalue weighted by atomic mass is 10.1. The molecule has 6 heteroatoms. The zero-order chi connectivity index (χ0) is 18.9. The van der Waals surface area contributed by atoms with E-state index in [1.54, 1.807) is 48.5 Å². The van der Waals surface area contributed by atoms with Gasteiger partial charge in [-0.1, -0.05) is 43.6 Å². The van der Waals surface area contributed by atoms with Crippen LogP contribution in [0.1, 0.15) is 37.0 Å². The predicted molar refractivity (Wildman–Crippen MR) is 104 cm³/mol. The van der Waals surface area contributed by atoms with Crippen LogP contribution in [0.2, 0.25) is 5.02 Å². The fraction of sp³-hybridized carbons (Fsp3) is 0.300. The summed E-state index contributed by atoms with van der Waals surface area (Å²) in [5.74, 6) is -0.0109. The van der Waals surface area contributed by atoms with E-state index in [9.17, 15) is 9.59 Å². The number of ether oxygens (including phenoxy) is 1. The molecule has 0 bridgehead atoms. The zero-order valence-corrected chi connectivity index (χ0v) is 15.7. The molecule has 0 radical (unpaired) electrons. The highest BCUT2D eigenvalue weighted by molar-refractivity contribution is 6.30. The molecule has 0 saturated heterocycles. The Labute approximate surface area is 158 Å². The van der Waals surface area contributed by atoms with Gasteiger partial charge in [0.05, 0.1) is 11.3 Å². The van der Waals surface area contributed by atoms with Gasteiger partial charge in [-0.05, 0) is 43.2 Å². The lowest BCUT2D eigenvalue weighted by molar-refractivity contribution is -0.122. The Morgan fingerprint density at radius 2 is 1.88 bits per heavy atom. The van der Waals surface area contributed by atoms with Crippen LogP contribution in [0.3, 0.4) is 0 Å². The normalized spacial score (nSPS) is 11.5. The summed E-state index contributed by atoms with van der Waals surface area (Å²) < 4.78 is 5.75. The lowest BCUT2D eigenvalue weighted by Gasteiger charge is -2.18. The molecular weight excluding hydrogens is 352 g/mol. The molecule has 0 unspecified atom stereocenters. The van der Waals surface area contributed by atoms with Gasteiger partial charge in [-0.3, -0.25) is 9.59 Å². The molecule has 1 atom stereocenters. The number of halogens is 1. The largest absolute Gasteiger partial charge is 0.481 e. The maximum absolute atomic E-state index is 12.6. The summed E-state index contributed by atoms with van der Waals surface area (Å²) in [6.45, 7) is 4.41. The van der Waals surface area contributed by atoms with Crippen LogP contribution in [0.5, 0.6) is 5.75 Å². The van der Waals surface area contributed by atoms with Crippen LogP contribution in [0.15, 0.2) is 48.5 Å². The SMILES string of the molecule is CCCNC(=O)c1ccccc1NC(=O)[C@H](CC)Oc1cccc(Cl)c1. The van der Waals surface area contributed by atoms with Crippen LogP contribution in [0, 0.1) is 0 Å². The summed E-state index contributed by atoms with van der Waals surface area (Å²) in [4.78, 5) is 24.9. The number of carbonyl (C=O) groups excluding carboxylic acids is 2. The van der Waals surface area contributed by atoms with Crippen LogP contribution in [-0.2, 0) is 4.79 Å². The maximum atomic E-state index is 12.6. The van der Waals surface area contributed by atoms with Gasteiger partial charge in [0.25, 0.3) is 11.8 Å². The first kappa shape index (κ1) is 19.8. The Kier molecular flexibility index (Phi) is 7.48. The molecule has 0 saturated carbocycles. The van der Waals surface area contributed by atoms with E-state index in [0.29, 0.717) is 35.0 Å². The topological polar surface area (TPSA) is 67.4 Å². The van der Waals surface area contributed by atoms with E-state index in [0.717, 1.165) is 6.42 Å². The minimum Gasteiger partial charge on any atom is -0.481 e. The van der Waals surface area contributed by atoms with E-state index in [1.165, 1.54) is 0 Å². The van der Waals surface area contributed by atoms with Gasteiger partial charge in [0.15, 0.2) is 6.10 Å². The highest BCUT2D eigenvalue weighted by Crippen LogP contribution is 2.21. The first-order valence-electron chi connectivity index (χ1n) is 8.65. The second-order valence-corrected chi connectivity index (χ2v) is 6.20. The molecule has 0 aliphatic rings. The van der Waals surface area contributed by atoms with Crippen LogP contribution in [-0.4, -0.2) is 24.5 Å². The van der Waals surface area contributed by atoms with Crippen molar-refractivity contribution in [2.45, 2.75) is 32.8 Å². The molecular formula is C20H23ClN2O3. The summed E-state index contributed by atoms with van der Waals surface area (Å²) >= 11 is 5.95. The number of hydrogen-bond donors (Lipinski definition) is 2. The van der Waals surface area contributed by atoms with Crippen LogP contribution >= 0.6 is 11.6 Å². The molecule has 2 aromatic rings. The number of benzene rings is 2. The van der Waals surface area contributed by atoms with E-state index in [4.69, 9.17) is 16.3 Å². The van der Waals surface area contributed by atoms with Crippen molar-refractivity contribution in [2.75, 3.05) is 11.9 Å². The summed E-state index contributed by atoms with van der Waals surface area (Å²) in [6.07, 6.45) is 0.619. The fourth-order valence-corrected chi connectivity index (χ4v) is 2.54. The van der Waals surface area contributed by atoms with Gasteiger partial charge in [-0.2, -0.15) is 0 Å². The molecule has 138 valence electrons. The monoisotopic (exact) mass is 374 g/mol. The third-order valence-electron chi connectivity index (χ3n) is 3.70. The molecule has 2 aromatic carbocycles. The van der Waals surface area contributed by atoms with Crippen molar-refractivity contribution in [1.29, 1.82) is 0 Å². The summed E-state index contributed by atoms with van der Waals surface area (Å²) in [7, 11) is 0. The van der Waals surface area contributed by atoms with Crippen molar-refractivity contribution in [3.8, 4) is 5.75 Å². The lowest BCUT2D eigenvalue weighted by Crippen LogP contribution is -2.33. The smallest absolute Gasteiger partial charge is 0.265 e. The Morgan fingerprint density at radius 3 is 2.58 bits per heavy atom. The molecule has 0 aromatic heterocycles. The average Bonchev–Trinajstić information content (AvgIpc) is 2.64. The molecule has 0 fully saturated rings. The Balaban J connectivity index is 2.11. The van der Waals surface area contributed by atoms with Gasteiger partial charge in [0.1, 0.15) is 5.75 Å². The quantitative estimate of drug-likeness (QED) is 0.724. The molecule has 2 amide bonds. The van der Waals surface area contributed by atoms with Gasteiger partial charge in [-0.25, -0.2) is 0 Å². The van der Waals surface area contributed by atoms with E-state index in [-0.39, 0.29) is 11.8 Å². The molecule has 2 rings (SSSR count). The van der Waals surface area contributed by atoms with Gasteiger partial charge in [-0.15, -0.1) is 0 Å². The van der Waals surface area contributed by atoms with Gasteiger partial charge >= 0.3 is 0 Å². The standard InChI is InChI=1S/C20H23ClN2O3/c1-3-12-22-19(24)16-10-5-6-11-17(16)23-20(25)18(4-2)26-15-9-7-8-14(21)13-15/h5-11,13,18H,3-4,12H2,1-2H3,(H,22,24)(H,23,25)/t18-/m0/s1. The van der Waals surface area contributed by atoms with Crippen LogP contribution in [0.4, 0.5) is 5.69 Å². The van der Waals surface area contributed by atoms with E-state index in [1.807, 2.05) is 13.8 Å². The predicted octanol–water partition coefficient (Wildman–Crippen LogP) is 4.28. The second-order valence-electron chi connectivity index (χ2n) is 5.76. The zero-order valence-electron chi connectivity index (χ0n) is 14.9. The highest BCUT2D eigenvalue weighted by atomic mass is 35.5. The number of para-hydroxylation sites is 1. The number of rotatable bonds is 8. The highest BCUT2D eigenvalue weighted by Gasteiger charge is 2.21. The second kappa shape index (κ2) is 9.82. The van der Waals surface area contributed by atoms with Gasteiger partial charge < -0.3 is 15.4 Å². The molecule has 2 N–H and O–H groups in total. The van der Waals surface area contributed by atoms with Crippen molar-refractivity contribution in [3.63, 3.8) is 0 Å². The summed E-state index contributed by atoms with van der Waals surface area (Å²) in [5.41, 5.74) is 0.881. The number of amides is 2. The van der Waals surface area contributed by atoms with E-state index in [2.05, 4.69) is 10.6 Å². The van der Waals surface area contributed by atoms with Gasteiger partial charge in [0, 0.05) is 11.6 Å². The van der Waals surface area contributed by atoms with Gasteiger partial charge in [0.2, 0.25) is 0 Å². The van der Waals surface area contributed by atoms with Crippen molar-refractivity contribution in [2.24, 2.45) is 0 Å². The average molecular weight is 375 g/mol. The summed E-state index contributed by atoms with van der Waals surface area (Å²) in [6, 6.07) is 13.8. The number of anilines is 1. The third kappa shape index (κ3) is 5.49. The minimum absolute atomic E-state index is 0.216. The molecule has 5 nitrogen and oxygen atoms in total. The first-order chi connectivity index (χ1) is 12.5. The molecule has 0 aliphatic heterocycles. The number of carbonyl (C=O) groups is 2. The van der Waals surface area contributed by atoms with Crippen molar-refractivity contribution >= 4 is 29.1 Å². The van der Waals surface area contributed by atoms with Crippen molar-refractivity contribution < 1.29 is 14.3 Å². The third-order valence-corrected chi connectivity index (χ3v) is 3.94. The first-order valence-corrected chi connectivity index (χ1v) is 9.03. The summed E-state index contributed by atoms with van der Waals surface area (Å²) in [5, 5.41) is 6.15. The Hall–Kier alpha value is -2.53. The Morgan fingerprint density at radius 1 is 1.12 bits per heavy atom. The molecule has 0 aliphatic carbocycles. The van der Waals surface area contributed by atoms with Crippen molar-refractivity contribution in [1.82, 2.24) is 5.32 Å². The molecule has 26 heavy (non-hydrogen) atoms. The Bertz CT molecular complexity index is 764. The van der Waals surface area contributed by atoms with Crippen molar-refractivity contribution in [3.05, 3.63) is 59.1 Å². The fourth-order valence-electron chi connectivity index (χ4n) is 2.36. The molecule has 0 spiro atoms. The number of nitrogens with one attached hydrogen (secondary N) is 2. The minimum atomic E-state index is -0.694. The van der Waals surface area contributed by atoms with Crippen LogP contribution < -0.4 is 15.4 Å². The van der Waals surface area contributed by atoms with E-state index >= 15 is 0 Å². The molecule has 0 heterocycles. The van der Waals surface area contributed by atoms with Crippen LogP contribution in [0.25, 0.3) is 0 Å². The van der Waals surface area contributed by atoms with E-state index < -0.39 is 6.10 Å². The maximum Gasteiger partial charge on any atom is 0.265 e. The number of hydrogen-bond acceptors (Lipinski definition) is 3.